The minimum atomic E-state index is -0.157. The fraction of sp³-hybridized carbons (Fsp3) is 0.611. The van der Waals surface area contributed by atoms with Crippen LogP contribution < -0.4 is 0 Å². The summed E-state index contributed by atoms with van der Waals surface area (Å²) in [4.78, 5) is 14.5. The van der Waals surface area contributed by atoms with E-state index in [0.29, 0.717) is 11.3 Å². The van der Waals surface area contributed by atoms with Gasteiger partial charge in [-0.3, -0.25) is 4.79 Å². The Bertz CT molecular complexity index is 557. The molecule has 1 aliphatic carbocycles. The molecule has 1 unspecified atom stereocenters. The lowest BCUT2D eigenvalue weighted by Crippen LogP contribution is -2.44. The zero-order valence-electron chi connectivity index (χ0n) is 12.8. The van der Waals surface area contributed by atoms with Crippen LogP contribution in [0.25, 0.3) is 0 Å². The van der Waals surface area contributed by atoms with Gasteiger partial charge in [0.05, 0.1) is 0 Å². The van der Waals surface area contributed by atoms with Crippen molar-refractivity contribution >= 4 is 21.8 Å². The van der Waals surface area contributed by atoms with Crippen LogP contribution in [-0.4, -0.2) is 36.6 Å². The molecule has 1 aromatic rings. The van der Waals surface area contributed by atoms with Gasteiger partial charge in [0.2, 0.25) is 0 Å². The number of likely N-dealkylation sites (tertiary alicyclic amines) is 1. The number of carbonyl (C=O) groups excluding carboxylic acids is 1. The van der Waals surface area contributed by atoms with Gasteiger partial charge in [0.15, 0.2) is 0 Å². The summed E-state index contributed by atoms with van der Waals surface area (Å²) in [6.07, 6.45) is 5.35. The zero-order chi connectivity index (χ0) is 15.2. The molecule has 2 aliphatic heterocycles. The minimum absolute atomic E-state index is 0.157. The van der Waals surface area contributed by atoms with E-state index in [1.165, 1.54) is 12.0 Å². The standard InChI is InChI=1S/C18H22BrNO2/c19-14-5-3-13(4-6-14)15-12-18(15)7-9-20(10-8-18)17(21)16-2-1-11-22-16/h3-6,15-16H,1-2,7-12H2/t15?,16-/m1/s1. The van der Waals surface area contributed by atoms with Gasteiger partial charge in [0.25, 0.3) is 5.91 Å². The van der Waals surface area contributed by atoms with Gasteiger partial charge < -0.3 is 9.64 Å². The van der Waals surface area contributed by atoms with Gasteiger partial charge in [-0.15, -0.1) is 0 Å². The fourth-order valence-electron chi connectivity index (χ4n) is 4.22. The van der Waals surface area contributed by atoms with Crippen molar-refractivity contribution in [3.8, 4) is 0 Å². The third-order valence-corrected chi connectivity index (χ3v) is 6.27. The average molecular weight is 364 g/mol. The van der Waals surface area contributed by atoms with Gasteiger partial charge in [0, 0.05) is 24.2 Å². The molecular formula is C18H22BrNO2. The number of benzene rings is 1. The molecule has 0 aromatic heterocycles. The first-order valence-corrected chi connectivity index (χ1v) is 9.13. The molecule has 22 heavy (non-hydrogen) atoms. The molecule has 3 nitrogen and oxygen atoms in total. The number of hydrogen-bond acceptors (Lipinski definition) is 2. The molecule has 1 spiro atoms. The Balaban J connectivity index is 1.36. The number of nitrogens with zero attached hydrogens (tertiary/aromatic N) is 1. The van der Waals surface area contributed by atoms with Crippen molar-refractivity contribution in [2.75, 3.05) is 19.7 Å². The van der Waals surface area contributed by atoms with Crippen molar-refractivity contribution < 1.29 is 9.53 Å². The minimum Gasteiger partial charge on any atom is -0.368 e. The topological polar surface area (TPSA) is 29.5 Å². The van der Waals surface area contributed by atoms with E-state index in [9.17, 15) is 4.79 Å². The molecule has 4 rings (SSSR count). The maximum absolute atomic E-state index is 12.4. The second kappa shape index (κ2) is 5.64. The molecule has 2 atom stereocenters. The van der Waals surface area contributed by atoms with Crippen molar-refractivity contribution in [3.05, 3.63) is 34.3 Å². The Kier molecular flexibility index (Phi) is 3.77. The third kappa shape index (κ3) is 2.61. The highest BCUT2D eigenvalue weighted by molar-refractivity contribution is 9.10. The molecule has 0 bridgehead atoms. The molecule has 0 N–H and O–H groups in total. The van der Waals surface area contributed by atoms with E-state index in [-0.39, 0.29) is 12.0 Å². The summed E-state index contributed by atoms with van der Waals surface area (Å²) in [5.74, 6) is 0.925. The van der Waals surface area contributed by atoms with E-state index in [0.717, 1.165) is 49.9 Å². The number of amides is 1. The van der Waals surface area contributed by atoms with Gasteiger partial charge in [0.1, 0.15) is 6.10 Å². The van der Waals surface area contributed by atoms with Crippen LogP contribution in [0.3, 0.4) is 0 Å². The van der Waals surface area contributed by atoms with Crippen molar-refractivity contribution in [2.45, 2.75) is 44.1 Å². The molecule has 2 heterocycles. The number of piperidine rings is 1. The van der Waals surface area contributed by atoms with E-state index in [1.807, 2.05) is 4.90 Å². The van der Waals surface area contributed by atoms with Gasteiger partial charge in [-0.05, 0) is 61.1 Å². The Morgan fingerprint density at radius 1 is 1.23 bits per heavy atom. The Labute approximate surface area is 140 Å². The summed E-state index contributed by atoms with van der Waals surface area (Å²) in [6.45, 7) is 2.57. The smallest absolute Gasteiger partial charge is 0.251 e. The number of halogens is 1. The lowest BCUT2D eigenvalue weighted by molar-refractivity contribution is -0.142. The fourth-order valence-corrected chi connectivity index (χ4v) is 4.48. The van der Waals surface area contributed by atoms with E-state index in [4.69, 9.17) is 4.74 Å². The summed E-state index contributed by atoms with van der Waals surface area (Å²) in [5.41, 5.74) is 1.92. The van der Waals surface area contributed by atoms with Crippen LogP contribution in [0.4, 0.5) is 0 Å². The lowest BCUT2D eigenvalue weighted by atomic mass is 9.88. The van der Waals surface area contributed by atoms with E-state index in [2.05, 4.69) is 40.2 Å². The predicted molar refractivity (Wildman–Crippen MR) is 88.7 cm³/mol. The molecule has 1 amide bonds. The highest BCUT2D eigenvalue weighted by Crippen LogP contribution is 2.64. The zero-order valence-corrected chi connectivity index (χ0v) is 14.3. The number of carbonyl (C=O) groups is 1. The third-order valence-electron chi connectivity index (χ3n) is 5.74. The molecule has 118 valence electrons. The molecule has 4 heteroatoms. The second-order valence-electron chi connectivity index (χ2n) is 7.00. The van der Waals surface area contributed by atoms with Crippen LogP contribution in [-0.2, 0) is 9.53 Å². The van der Waals surface area contributed by atoms with E-state index >= 15 is 0 Å². The molecule has 2 saturated heterocycles. The van der Waals surface area contributed by atoms with Crippen LogP contribution in [0.15, 0.2) is 28.7 Å². The highest BCUT2D eigenvalue weighted by atomic mass is 79.9. The van der Waals surface area contributed by atoms with Crippen molar-refractivity contribution in [1.82, 2.24) is 4.90 Å². The lowest BCUT2D eigenvalue weighted by Gasteiger charge is -2.34. The molecule has 3 fully saturated rings. The summed E-state index contributed by atoms with van der Waals surface area (Å²) in [5, 5.41) is 0. The molecule has 1 aromatic carbocycles. The van der Waals surface area contributed by atoms with E-state index < -0.39 is 0 Å². The number of rotatable bonds is 2. The summed E-state index contributed by atoms with van der Waals surface area (Å²) in [6, 6.07) is 8.76. The van der Waals surface area contributed by atoms with Crippen LogP contribution in [0.2, 0.25) is 0 Å². The maximum atomic E-state index is 12.4. The Hall–Kier alpha value is -0.870. The quantitative estimate of drug-likeness (QED) is 0.801. The number of ether oxygens (including phenoxy) is 1. The SMILES string of the molecule is O=C([C@H]1CCCO1)N1CCC2(CC1)CC2c1ccc(Br)cc1. The number of hydrogen-bond donors (Lipinski definition) is 0. The Morgan fingerprint density at radius 3 is 2.59 bits per heavy atom. The Morgan fingerprint density at radius 2 is 1.95 bits per heavy atom. The summed E-state index contributed by atoms with van der Waals surface area (Å²) < 4.78 is 6.68. The van der Waals surface area contributed by atoms with Crippen LogP contribution in [0.5, 0.6) is 0 Å². The second-order valence-corrected chi connectivity index (χ2v) is 7.91. The van der Waals surface area contributed by atoms with E-state index in [1.54, 1.807) is 0 Å². The van der Waals surface area contributed by atoms with Crippen molar-refractivity contribution in [1.29, 1.82) is 0 Å². The first-order chi connectivity index (χ1) is 10.7. The van der Waals surface area contributed by atoms with Crippen molar-refractivity contribution in [2.24, 2.45) is 5.41 Å². The molecule has 3 aliphatic rings. The highest BCUT2D eigenvalue weighted by Gasteiger charge is 2.55. The monoisotopic (exact) mass is 363 g/mol. The normalized spacial score (nSPS) is 29.8. The molecule has 1 saturated carbocycles. The van der Waals surface area contributed by atoms with Crippen LogP contribution in [0, 0.1) is 5.41 Å². The largest absolute Gasteiger partial charge is 0.368 e. The first-order valence-electron chi connectivity index (χ1n) is 8.34. The summed E-state index contributed by atoms with van der Waals surface area (Å²) >= 11 is 3.50. The van der Waals surface area contributed by atoms with Gasteiger partial charge in [-0.1, -0.05) is 28.1 Å². The first kappa shape index (κ1) is 14.7. The van der Waals surface area contributed by atoms with Crippen LogP contribution in [0.1, 0.15) is 43.6 Å². The van der Waals surface area contributed by atoms with Crippen LogP contribution >= 0.6 is 15.9 Å². The molecule has 0 radical (unpaired) electrons. The summed E-state index contributed by atoms with van der Waals surface area (Å²) in [7, 11) is 0. The van der Waals surface area contributed by atoms with Gasteiger partial charge in [-0.2, -0.15) is 0 Å². The molecular weight excluding hydrogens is 342 g/mol. The van der Waals surface area contributed by atoms with Crippen molar-refractivity contribution in [3.63, 3.8) is 0 Å². The predicted octanol–water partition coefficient (Wildman–Crippen LogP) is 3.72. The van der Waals surface area contributed by atoms with Gasteiger partial charge in [-0.25, -0.2) is 0 Å². The van der Waals surface area contributed by atoms with Gasteiger partial charge >= 0.3 is 0 Å². The maximum Gasteiger partial charge on any atom is 0.251 e. The average Bonchev–Trinajstić information content (AvgIpc) is 2.99.